The maximum absolute atomic E-state index is 12.5. The van der Waals surface area contributed by atoms with Crippen LogP contribution >= 0.6 is 0 Å². The highest BCUT2D eigenvalue weighted by atomic mass is 19.1. The molecule has 0 aliphatic rings. The van der Waals surface area contributed by atoms with E-state index in [0.29, 0.717) is 5.56 Å². The molecule has 0 saturated heterocycles. The molecule has 0 radical (unpaired) electrons. The summed E-state index contributed by atoms with van der Waals surface area (Å²) >= 11 is 0. The Balaban J connectivity index is 3.01. The topological polar surface area (TPSA) is 46.5 Å². The van der Waals surface area contributed by atoms with E-state index in [9.17, 15) is 9.18 Å². The zero-order valence-electron chi connectivity index (χ0n) is 7.53. The van der Waals surface area contributed by atoms with Gasteiger partial charge in [0.05, 0.1) is 13.2 Å². The van der Waals surface area contributed by atoms with Gasteiger partial charge in [0.25, 0.3) is 0 Å². The first-order chi connectivity index (χ1) is 6.63. The van der Waals surface area contributed by atoms with E-state index in [0.717, 1.165) is 6.08 Å². The number of rotatable bonds is 3. The van der Waals surface area contributed by atoms with Crippen LogP contribution in [-0.2, 0) is 9.53 Å². The van der Waals surface area contributed by atoms with Crippen molar-refractivity contribution in [2.75, 3.05) is 7.11 Å². The molecule has 14 heavy (non-hydrogen) atoms. The number of carbonyl (C=O) groups is 1. The van der Waals surface area contributed by atoms with Crippen LogP contribution in [0.25, 0.3) is 5.76 Å². The van der Waals surface area contributed by atoms with Crippen LogP contribution in [0, 0.1) is 5.82 Å². The minimum absolute atomic E-state index is 0.192. The standard InChI is InChI=1S/C10H9FO3/c1-14-9(6-10(12)13)7-2-4-8(11)5-3-7/h2-6H,1H3,(H,12,13)/b9-6-. The molecule has 3 nitrogen and oxygen atoms in total. The van der Waals surface area contributed by atoms with Crippen LogP contribution in [0.15, 0.2) is 30.3 Å². The monoisotopic (exact) mass is 196 g/mol. The molecule has 0 saturated carbocycles. The summed E-state index contributed by atoms with van der Waals surface area (Å²) in [6.45, 7) is 0. The van der Waals surface area contributed by atoms with Gasteiger partial charge in [-0.3, -0.25) is 0 Å². The van der Waals surface area contributed by atoms with Gasteiger partial charge in [0.1, 0.15) is 11.6 Å². The van der Waals surface area contributed by atoms with Crippen LogP contribution in [0.4, 0.5) is 4.39 Å². The van der Waals surface area contributed by atoms with Gasteiger partial charge in [-0.15, -0.1) is 0 Å². The Kier molecular flexibility index (Phi) is 3.23. The number of hydrogen-bond acceptors (Lipinski definition) is 2. The highest BCUT2D eigenvalue weighted by Gasteiger charge is 2.03. The zero-order chi connectivity index (χ0) is 10.6. The Bertz CT molecular complexity index is 354. The molecule has 0 atom stereocenters. The molecule has 0 fully saturated rings. The first-order valence-corrected chi connectivity index (χ1v) is 3.88. The van der Waals surface area contributed by atoms with E-state index in [4.69, 9.17) is 9.84 Å². The molecule has 0 heterocycles. The second kappa shape index (κ2) is 4.41. The van der Waals surface area contributed by atoms with Crippen molar-refractivity contribution in [1.29, 1.82) is 0 Å². The number of ether oxygens (including phenoxy) is 1. The number of carboxylic acids is 1. The van der Waals surface area contributed by atoms with Crippen molar-refractivity contribution in [3.63, 3.8) is 0 Å². The minimum Gasteiger partial charge on any atom is -0.496 e. The molecule has 74 valence electrons. The van der Waals surface area contributed by atoms with Crippen molar-refractivity contribution in [3.05, 3.63) is 41.7 Å². The molecule has 1 rings (SSSR count). The lowest BCUT2D eigenvalue weighted by Crippen LogP contribution is -1.94. The first kappa shape index (κ1) is 10.2. The van der Waals surface area contributed by atoms with Crippen molar-refractivity contribution in [3.8, 4) is 0 Å². The molecule has 0 bridgehead atoms. The van der Waals surface area contributed by atoms with Gasteiger partial charge in [0.2, 0.25) is 0 Å². The Morgan fingerprint density at radius 1 is 1.43 bits per heavy atom. The van der Waals surface area contributed by atoms with E-state index in [-0.39, 0.29) is 11.6 Å². The number of aliphatic carboxylic acids is 1. The molecule has 0 aliphatic carbocycles. The summed E-state index contributed by atoms with van der Waals surface area (Å²) in [6.07, 6.45) is 0.924. The molecule has 1 aromatic rings. The summed E-state index contributed by atoms with van der Waals surface area (Å²) in [5.41, 5.74) is 0.524. The summed E-state index contributed by atoms with van der Waals surface area (Å²) in [5.74, 6) is -1.29. The molecular weight excluding hydrogens is 187 g/mol. The molecule has 0 aromatic heterocycles. The third-order valence-electron chi connectivity index (χ3n) is 1.60. The SMILES string of the molecule is CO/C(=C\C(=O)O)c1ccc(F)cc1. The third kappa shape index (κ3) is 2.58. The number of halogens is 1. The number of carboxylic acid groups (broad SMARTS) is 1. The Hall–Kier alpha value is -1.84. The van der Waals surface area contributed by atoms with E-state index in [1.807, 2.05) is 0 Å². The van der Waals surface area contributed by atoms with Gasteiger partial charge >= 0.3 is 5.97 Å². The Morgan fingerprint density at radius 2 is 2.00 bits per heavy atom. The van der Waals surface area contributed by atoms with Gasteiger partial charge in [-0.1, -0.05) is 0 Å². The molecule has 0 aliphatic heterocycles. The largest absolute Gasteiger partial charge is 0.496 e. The number of methoxy groups -OCH3 is 1. The second-order valence-electron chi connectivity index (χ2n) is 2.56. The molecular formula is C10H9FO3. The summed E-state index contributed by atoms with van der Waals surface area (Å²) < 4.78 is 17.4. The fourth-order valence-electron chi connectivity index (χ4n) is 0.986. The molecule has 1 aromatic carbocycles. The van der Waals surface area contributed by atoms with Crippen LogP contribution in [0.5, 0.6) is 0 Å². The van der Waals surface area contributed by atoms with Gasteiger partial charge in [-0.25, -0.2) is 9.18 Å². The summed E-state index contributed by atoms with van der Waals surface area (Å²) in [4.78, 5) is 10.4. The van der Waals surface area contributed by atoms with Crippen molar-refractivity contribution in [1.82, 2.24) is 0 Å². The van der Waals surface area contributed by atoms with E-state index in [2.05, 4.69) is 0 Å². The molecule has 0 spiro atoms. The van der Waals surface area contributed by atoms with Crippen molar-refractivity contribution < 1.29 is 19.0 Å². The van der Waals surface area contributed by atoms with Crippen molar-refractivity contribution in [2.24, 2.45) is 0 Å². The Morgan fingerprint density at radius 3 is 2.43 bits per heavy atom. The second-order valence-corrected chi connectivity index (χ2v) is 2.56. The lowest BCUT2D eigenvalue weighted by atomic mass is 10.2. The Labute approximate surface area is 80.4 Å². The third-order valence-corrected chi connectivity index (χ3v) is 1.60. The van der Waals surface area contributed by atoms with E-state index >= 15 is 0 Å². The fourth-order valence-corrected chi connectivity index (χ4v) is 0.986. The van der Waals surface area contributed by atoms with Gasteiger partial charge in [-0.05, 0) is 24.3 Å². The number of hydrogen-bond donors (Lipinski definition) is 1. The van der Waals surface area contributed by atoms with E-state index in [1.165, 1.54) is 31.4 Å². The first-order valence-electron chi connectivity index (χ1n) is 3.88. The van der Waals surface area contributed by atoms with Crippen LogP contribution in [0.2, 0.25) is 0 Å². The van der Waals surface area contributed by atoms with Crippen molar-refractivity contribution in [2.45, 2.75) is 0 Å². The van der Waals surface area contributed by atoms with Crippen LogP contribution in [0.1, 0.15) is 5.56 Å². The van der Waals surface area contributed by atoms with Crippen LogP contribution in [-0.4, -0.2) is 18.2 Å². The van der Waals surface area contributed by atoms with Gasteiger partial charge < -0.3 is 9.84 Å². The van der Waals surface area contributed by atoms with Crippen LogP contribution < -0.4 is 0 Å². The lowest BCUT2D eigenvalue weighted by molar-refractivity contribution is -0.131. The highest BCUT2D eigenvalue weighted by molar-refractivity contribution is 5.88. The number of benzene rings is 1. The van der Waals surface area contributed by atoms with Crippen molar-refractivity contribution >= 4 is 11.7 Å². The highest BCUT2D eigenvalue weighted by Crippen LogP contribution is 2.15. The smallest absolute Gasteiger partial charge is 0.332 e. The molecule has 1 N–H and O–H groups in total. The lowest BCUT2D eigenvalue weighted by Gasteiger charge is -2.04. The fraction of sp³-hybridized carbons (Fsp3) is 0.100. The molecule has 0 amide bonds. The normalized spacial score (nSPS) is 11.1. The van der Waals surface area contributed by atoms with Gasteiger partial charge in [0, 0.05) is 5.56 Å². The maximum atomic E-state index is 12.5. The summed E-state index contributed by atoms with van der Waals surface area (Å²) in [6, 6.07) is 5.38. The predicted octanol–water partition coefficient (Wildman–Crippen LogP) is 1.90. The minimum atomic E-state index is -1.11. The maximum Gasteiger partial charge on any atom is 0.332 e. The van der Waals surface area contributed by atoms with Gasteiger partial charge in [0.15, 0.2) is 0 Å². The summed E-state index contributed by atoms with van der Waals surface area (Å²) in [5, 5.41) is 8.50. The quantitative estimate of drug-likeness (QED) is 0.593. The van der Waals surface area contributed by atoms with E-state index < -0.39 is 5.97 Å². The van der Waals surface area contributed by atoms with Crippen LogP contribution in [0.3, 0.4) is 0 Å². The average molecular weight is 196 g/mol. The van der Waals surface area contributed by atoms with E-state index in [1.54, 1.807) is 0 Å². The predicted molar refractivity (Wildman–Crippen MR) is 49.0 cm³/mol. The zero-order valence-corrected chi connectivity index (χ0v) is 7.53. The van der Waals surface area contributed by atoms with Gasteiger partial charge in [-0.2, -0.15) is 0 Å². The molecule has 0 unspecified atom stereocenters. The summed E-state index contributed by atoms with van der Waals surface area (Å²) in [7, 11) is 1.36. The average Bonchev–Trinajstić information content (AvgIpc) is 2.15. The molecule has 4 heteroatoms.